The van der Waals surface area contributed by atoms with E-state index in [1.807, 2.05) is 41.5 Å². The Bertz CT molecular complexity index is 864. The van der Waals surface area contributed by atoms with Crippen LogP contribution in [0.5, 0.6) is 0 Å². The second-order valence-electron chi connectivity index (χ2n) is 9.18. The van der Waals surface area contributed by atoms with E-state index in [1.165, 1.54) is 42.0 Å². The van der Waals surface area contributed by atoms with Crippen LogP contribution in [0.25, 0.3) is 0 Å². The molecule has 0 bridgehead atoms. The first-order chi connectivity index (χ1) is 18.4. The van der Waals surface area contributed by atoms with E-state index in [4.69, 9.17) is 0 Å². The number of nitriles is 1. The molecule has 1 amide bonds. The summed E-state index contributed by atoms with van der Waals surface area (Å²) in [6.07, 6.45) is 11.5. The van der Waals surface area contributed by atoms with Crippen LogP contribution in [0.2, 0.25) is 0 Å². The molecule has 1 aromatic rings. The average Bonchev–Trinajstić information content (AvgIpc) is 2.97. The molecule has 1 N–H and O–H groups in total. The monoisotopic (exact) mass is 526 g/mol. The predicted molar refractivity (Wildman–Crippen MR) is 165 cm³/mol. The number of rotatable bonds is 12. The number of benzene rings is 1. The summed E-state index contributed by atoms with van der Waals surface area (Å²) in [6.45, 7) is 20.7. The molecular formula is C34H58N2O2. The van der Waals surface area contributed by atoms with Crippen LogP contribution in [0.3, 0.4) is 0 Å². The fourth-order valence-corrected chi connectivity index (χ4v) is 4.82. The van der Waals surface area contributed by atoms with Gasteiger partial charge in [0.2, 0.25) is 5.91 Å². The van der Waals surface area contributed by atoms with Gasteiger partial charge < -0.3 is 10.1 Å². The second kappa shape index (κ2) is 23.7. The number of carbonyl (C=O) groups excluding carboxylic acids is 2. The standard InChI is InChI=1S/C28H40N2O2.3C2H6/c1-5-8-9-10-21-15-24(7-3)28(25(16-21)18-29)26-17-22(12-13-23(26)6-2)19-30-27(32)14-11-20(4)31;3*1-2/h15-17,23,26H,5-14,19H2,1-4H3,(H,30,32);3*1-2H3. The zero-order valence-electron chi connectivity index (χ0n) is 26.4. The van der Waals surface area contributed by atoms with E-state index in [2.05, 4.69) is 50.4 Å². The van der Waals surface area contributed by atoms with Gasteiger partial charge in [0, 0.05) is 25.3 Å². The largest absolute Gasteiger partial charge is 0.352 e. The highest BCUT2D eigenvalue weighted by Crippen LogP contribution is 2.41. The number of unbranched alkanes of at least 4 members (excludes halogenated alkanes) is 2. The SMILES string of the molecule is CC.CC.CC.CCCCCc1cc(C#N)c(C2C=C(CNC(=O)CCC(C)=O)CCC2CC)c(CC)c1. The lowest BCUT2D eigenvalue weighted by atomic mass is 9.72. The maximum Gasteiger partial charge on any atom is 0.220 e. The van der Waals surface area contributed by atoms with Gasteiger partial charge in [-0.1, -0.05) is 99.3 Å². The van der Waals surface area contributed by atoms with Crippen LogP contribution in [0.1, 0.15) is 149 Å². The van der Waals surface area contributed by atoms with Crippen LogP contribution in [0, 0.1) is 17.2 Å². The summed E-state index contributed by atoms with van der Waals surface area (Å²) in [5.41, 5.74) is 5.82. The van der Waals surface area contributed by atoms with Crippen LogP contribution >= 0.6 is 0 Å². The minimum Gasteiger partial charge on any atom is -0.352 e. The van der Waals surface area contributed by atoms with E-state index >= 15 is 0 Å². The molecule has 1 aliphatic carbocycles. The van der Waals surface area contributed by atoms with Crippen LogP contribution in [0.4, 0.5) is 0 Å². The Hall–Kier alpha value is -2.41. The first kappa shape index (κ1) is 37.7. The van der Waals surface area contributed by atoms with Gasteiger partial charge in [-0.3, -0.25) is 4.79 Å². The number of Topliss-reactive ketones (excluding diaryl/α,β-unsaturated/α-hetero) is 1. The lowest BCUT2D eigenvalue weighted by Crippen LogP contribution is -2.28. The van der Waals surface area contributed by atoms with Crippen molar-refractivity contribution in [3.63, 3.8) is 0 Å². The number of nitrogens with zero attached hydrogens (tertiary/aromatic N) is 1. The molecule has 0 radical (unpaired) electrons. The molecule has 2 atom stereocenters. The van der Waals surface area contributed by atoms with Crippen molar-refractivity contribution in [2.24, 2.45) is 5.92 Å². The Labute approximate surface area is 235 Å². The molecule has 216 valence electrons. The van der Waals surface area contributed by atoms with E-state index in [1.54, 1.807) is 0 Å². The Morgan fingerprint density at radius 2 is 1.66 bits per heavy atom. The maximum absolute atomic E-state index is 12.1. The molecule has 0 aliphatic heterocycles. The summed E-state index contributed by atoms with van der Waals surface area (Å²) in [5.74, 6) is 0.693. The molecule has 2 rings (SSSR count). The summed E-state index contributed by atoms with van der Waals surface area (Å²) in [5, 5.41) is 13.0. The first-order valence-corrected chi connectivity index (χ1v) is 15.4. The molecule has 4 heteroatoms. The summed E-state index contributed by atoms with van der Waals surface area (Å²) in [7, 11) is 0. The molecule has 4 nitrogen and oxygen atoms in total. The van der Waals surface area contributed by atoms with Gasteiger partial charge in [0.15, 0.2) is 0 Å². The van der Waals surface area contributed by atoms with Crippen molar-refractivity contribution in [3.8, 4) is 6.07 Å². The van der Waals surface area contributed by atoms with E-state index in [-0.39, 0.29) is 24.0 Å². The minimum absolute atomic E-state index is 0.0390. The van der Waals surface area contributed by atoms with E-state index in [9.17, 15) is 14.9 Å². The van der Waals surface area contributed by atoms with Crippen molar-refractivity contribution in [1.29, 1.82) is 5.26 Å². The summed E-state index contributed by atoms with van der Waals surface area (Å²) in [6, 6.07) is 6.94. The van der Waals surface area contributed by atoms with Crippen molar-refractivity contribution < 1.29 is 9.59 Å². The predicted octanol–water partition coefficient (Wildman–Crippen LogP) is 9.25. The quantitative estimate of drug-likeness (QED) is 0.218. The van der Waals surface area contributed by atoms with Crippen molar-refractivity contribution in [3.05, 3.63) is 46.0 Å². The molecule has 1 aromatic carbocycles. The normalized spacial score (nSPS) is 15.7. The molecule has 0 spiro atoms. The Balaban J connectivity index is 0. The highest BCUT2D eigenvalue weighted by Gasteiger charge is 2.28. The van der Waals surface area contributed by atoms with Gasteiger partial charge in [0.25, 0.3) is 0 Å². The maximum atomic E-state index is 12.1. The summed E-state index contributed by atoms with van der Waals surface area (Å²) >= 11 is 0. The molecule has 0 heterocycles. The summed E-state index contributed by atoms with van der Waals surface area (Å²) in [4.78, 5) is 23.2. The lowest BCUT2D eigenvalue weighted by Gasteiger charge is -2.32. The van der Waals surface area contributed by atoms with Gasteiger partial charge >= 0.3 is 0 Å². The Morgan fingerprint density at radius 3 is 2.18 bits per heavy atom. The van der Waals surface area contributed by atoms with Gasteiger partial charge in [-0.05, 0) is 67.7 Å². The molecule has 0 saturated carbocycles. The fraction of sp³-hybridized carbons (Fsp3) is 0.676. The Kier molecular flexibility index (Phi) is 23.5. The van der Waals surface area contributed by atoms with Crippen LogP contribution in [-0.4, -0.2) is 18.2 Å². The molecule has 0 fully saturated rings. The van der Waals surface area contributed by atoms with Gasteiger partial charge in [0.05, 0.1) is 11.6 Å². The van der Waals surface area contributed by atoms with Crippen LogP contribution < -0.4 is 5.32 Å². The van der Waals surface area contributed by atoms with Gasteiger partial charge in [-0.2, -0.15) is 5.26 Å². The molecule has 0 saturated heterocycles. The van der Waals surface area contributed by atoms with Crippen molar-refractivity contribution in [2.75, 3.05) is 6.54 Å². The van der Waals surface area contributed by atoms with E-state index in [0.717, 1.165) is 44.1 Å². The lowest BCUT2D eigenvalue weighted by molar-refractivity contribution is -0.124. The number of nitrogens with one attached hydrogen (secondary N) is 1. The number of hydrogen-bond donors (Lipinski definition) is 1. The highest BCUT2D eigenvalue weighted by atomic mass is 16.2. The van der Waals surface area contributed by atoms with Gasteiger partial charge in [0.1, 0.15) is 5.78 Å². The van der Waals surface area contributed by atoms with Crippen LogP contribution in [-0.2, 0) is 22.4 Å². The third-order valence-corrected chi connectivity index (χ3v) is 6.73. The Morgan fingerprint density at radius 1 is 1.00 bits per heavy atom. The van der Waals surface area contributed by atoms with Crippen molar-refractivity contribution in [1.82, 2.24) is 5.32 Å². The summed E-state index contributed by atoms with van der Waals surface area (Å²) < 4.78 is 0. The molecule has 2 unspecified atom stereocenters. The van der Waals surface area contributed by atoms with Gasteiger partial charge in [-0.25, -0.2) is 0 Å². The number of allylic oxidation sites excluding steroid dienone is 1. The fourth-order valence-electron chi connectivity index (χ4n) is 4.82. The number of ketones is 1. The number of amides is 1. The number of carbonyl (C=O) groups is 2. The topological polar surface area (TPSA) is 70.0 Å². The molecule has 38 heavy (non-hydrogen) atoms. The highest BCUT2D eigenvalue weighted by molar-refractivity contribution is 5.83. The second-order valence-corrected chi connectivity index (χ2v) is 9.18. The van der Waals surface area contributed by atoms with E-state index < -0.39 is 0 Å². The first-order valence-electron chi connectivity index (χ1n) is 15.4. The average molecular weight is 527 g/mol. The van der Waals surface area contributed by atoms with Crippen LogP contribution in [0.15, 0.2) is 23.8 Å². The minimum atomic E-state index is -0.0707. The zero-order chi connectivity index (χ0) is 29.5. The third kappa shape index (κ3) is 13.4. The smallest absolute Gasteiger partial charge is 0.220 e. The number of aryl methyl sites for hydroxylation is 2. The van der Waals surface area contributed by atoms with Gasteiger partial charge in [-0.15, -0.1) is 0 Å². The number of hydrogen-bond acceptors (Lipinski definition) is 3. The zero-order valence-corrected chi connectivity index (χ0v) is 26.4. The molecule has 0 aromatic heterocycles. The van der Waals surface area contributed by atoms with Crippen molar-refractivity contribution >= 4 is 11.7 Å². The van der Waals surface area contributed by atoms with E-state index in [0.29, 0.717) is 18.9 Å². The molecule has 1 aliphatic rings. The molecular weight excluding hydrogens is 468 g/mol. The van der Waals surface area contributed by atoms with Crippen molar-refractivity contribution in [2.45, 2.75) is 139 Å². The third-order valence-electron chi connectivity index (χ3n) is 6.73.